The molecule has 0 bridgehead atoms. The summed E-state index contributed by atoms with van der Waals surface area (Å²) in [5.74, 6) is -0.755. The van der Waals surface area contributed by atoms with Gasteiger partial charge in [0.15, 0.2) is 11.4 Å². The second kappa shape index (κ2) is 6.68. The lowest BCUT2D eigenvalue weighted by Gasteiger charge is -2.31. The fraction of sp³-hybridized carbons (Fsp3) is 0.368. The zero-order valence-electron chi connectivity index (χ0n) is 14.3. The third kappa shape index (κ3) is 2.84. The van der Waals surface area contributed by atoms with Crippen LogP contribution in [-0.4, -0.2) is 54.7 Å². The molecule has 0 aliphatic carbocycles. The number of hydrogen-bond acceptors (Lipinski definition) is 6. The molecule has 26 heavy (non-hydrogen) atoms. The van der Waals surface area contributed by atoms with Gasteiger partial charge in [-0.05, 0) is 18.2 Å². The van der Waals surface area contributed by atoms with Gasteiger partial charge in [-0.15, -0.1) is 0 Å². The molecule has 7 nitrogen and oxygen atoms in total. The number of fused-ring (bicyclic) bond motifs is 1. The van der Waals surface area contributed by atoms with Gasteiger partial charge in [0.05, 0.1) is 38.3 Å². The molecule has 0 spiro atoms. The number of carbonyl (C=O) groups is 2. The van der Waals surface area contributed by atoms with Gasteiger partial charge >= 0.3 is 0 Å². The standard InChI is InChI=1S/C19H20N2O5/c22-16(17-6-3-9-26-17)12-19(24)14-4-1-2-5-15(14)21(18(19)23)13-20-7-10-25-11-8-20/h1-6,9,24H,7-8,10-13H2. The highest BCUT2D eigenvalue weighted by atomic mass is 16.5. The third-order valence-corrected chi connectivity index (χ3v) is 4.90. The van der Waals surface area contributed by atoms with E-state index in [0.717, 1.165) is 13.1 Å². The highest BCUT2D eigenvalue weighted by Crippen LogP contribution is 2.42. The van der Waals surface area contributed by atoms with Crippen LogP contribution >= 0.6 is 0 Å². The van der Waals surface area contributed by atoms with Gasteiger partial charge < -0.3 is 14.3 Å². The summed E-state index contributed by atoms with van der Waals surface area (Å²) in [5, 5.41) is 11.2. The number of amides is 1. The number of hydrogen-bond donors (Lipinski definition) is 1. The van der Waals surface area contributed by atoms with Crippen LogP contribution in [0.2, 0.25) is 0 Å². The molecule has 7 heteroatoms. The van der Waals surface area contributed by atoms with Gasteiger partial charge in [-0.3, -0.25) is 19.4 Å². The molecule has 1 amide bonds. The average molecular weight is 356 g/mol. The summed E-state index contributed by atoms with van der Waals surface area (Å²) < 4.78 is 10.5. The normalized spacial score (nSPS) is 23.3. The topological polar surface area (TPSA) is 83.2 Å². The van der Waals surface area contributed by atoms with Gasteiger partial charge in [0.2, 0.25) is 5.78 Å². The van der Waals surface area contributed by atoms with Gasteiger partial charge in [-0.2, -0.15) is 0 Å². The maximum atomic E-state index is 13.1. The largest absolute Gasteiger partial charge is 0.461 e. The fourth-order valence-electron chi connectivity index (χ4n) is 3.52. The van der Waals surface area contributed by atoms with Crippen molar-refractivity contribution in [3.8, 4) is 0 Å². The van der Waals surface area contributed by atoms with Crippen LogP contribution < -0.4 is 4.90 Å². The van der Waals surface area contributed by atoms with E-state index < -0.39 is 17.3 Å². The van der Waals surface area contributed by atoms with Gasteiger partial charge in [0.1, 0.15) is 0 Å². The first kappa shape index (κ1) is 17.0. The number of benzene rings is 1. The minimum Gasteiger partial charge on any atom is -0.461 e. The van der Waals surface area contributed by atoms with Gasteiger partial charge in [0, 0.05) is 18.7 Å². The minimum absolute atomic E-state index is 0.135. The molecule has 4 rings (SSSR count). The van der Waals surface area contributed by atoms with E-state index in [1.54, 1.807) is 29.2 Å². The van der Waals surface area contributed by atoms with Crippen LogP contribution in [0.3, 0.4) is 0 Å². The number of carbonyl (C=O) groups excluding carboxylic acids is 2. The average Bonchev–Trinajstić information content (AvgIpc) is 3.26. The molecule has 0 radical (unpaired) electrons. The molecule has 1 N–H and O–H groups in total. The zero-order valence-corrected chi connectivity index (χ0v) is 14.3. The molecule has 1 atom stereocenters. The Morgan fingerprint density at radius 2 is 1.92 bits per heavy atom. The number of ketones is 1. The summed E-state index contributed by atoms with van der Waals surface area (Å²) in [7, 11) is 0. The molecule has 1 aromatic carbocycles. The highest BCUT2D eigenvalue weighted by molar-refractivity contribution is 6.10. The van der Waals surface area contributed by atoms with Crippen LogP contribution in [-0.2, 0) is 15.1 Å². The van der Waals surface area contributed by atoms with E-state index in [4.69, 9.17) is 9.15 Å². The minimum atomic E-state index is -1.88. The first-order valence-electron chi connectivity index (χ1n) is 8.60. The van der Waals surface area contributed by atoms with Crippen molar-refractivity contribution >= 4 is 17.4 Å². The quantitative estimate of drug-likeness (QED) is 0.815. The number of morpholine rings is 1. The Morgan fingerprint density at radius 3 is 2.65 bits per heavy atom. The summed E-state index contributed by atoms with van der Waals surface area (Å²) in [6.45, 7) is 3.03. The molecule has 136 valence electrons. The van der Waals surface area contributed by atoms with Crippen LogP contribution in [0.5, 0.6) is 0 Å². The first-order valence-corrected chi connectivity index (χ1v) is 8.60. The van der Waals surface area contributed by atoms with Crippen molar-refractivity contribution in [2.75, 3.05) is 37.9 Å². The SMILES string of the molecule is O=C(CC1(O)C(=O)N(CN2CCOCC2)c2ccccc21)c1ccco1. The number of nitrogens with zero attached hydrogens (tertiary/aromatic N) is 2. The Hall–Kier alpha value is -2.48. The number of Topliss-reactive ketones (excluding diaryl/α,β-unsaturated/α-hetero) is 1. The molecule has 2 aromatic rings. The van der Waals surface area contributed by atoms with E-state index in [1.807, 2.05) is 6.07 Å². The predicted octanol–water partition coefficient (Wildman–Crippen LogP) is 1.38. The van der Waals surface area contributed by atoms with Crippen molar-refractivity contribution < 1.29 is 23.8 Å². The highest BCUT2D eigenvalue weighted by Gasteiger charge is 2.51. The van der Waals surface area contributed by atoms with Crippen LogP contribution in [0.15, 0.2) is 47.1 Å². The van der Waals surface area contributed by atoms with E-state index in [2.05, 4.69) is 4.90 Å². The number of aliphatic hydroxyl groups is 1. The summed E-state index contributed by atoms with van der Waals surface area (Å²) in [4.78, 5) is 29.2. The first-order chi connectivity index (χ1) is 12.6. The molecule has 0 saturated carbocycles. The van der Waals surface area contributed by atoms with Gasteiger partial charge in [-0.25, -0.2) is 0 Å². The van der Waals surface area contributed by atoms with Crippen molar-refractivity contribution in [1.29, 1.82) is 0 Å². The van der Waals surface area contributed by atoms with Crippen LogP contribution in [0.1, 0.15) is 22.5 Å². The molecule has 3 heterocycles. The van der Waals surface area contributed by atoms with Crippen LogP contribution in [0.25, 0.3) is 0 Å². The van der Waals surface area contributed by atoms with E-state index in [0.29, 0.717) is 31.1 Å². The van der Waals surface area contributed by atoms with Crippen molar-refractivity contribution in [2.24, 2.45) is 0 Å². The molecular formula is C19H20N2O5. The van der Waals surface area contributed by atoms with Crippen molar-refractivity contribution in [2.45, 2.75) is 12.0 Å². The molecule has 1 saturated heterocycles. The molecule has 1 fully saturated rings. The molecule has 1 unspecified atom stereocenters. The Kier molecular flexibility index (Phi) is 4.36. The number of furan rings is 1. The molecule has 2 aliphatic heterocycles. The Labute approximate surface area is 150 Å². The van der Waals surface area contributed by atoms with Gasteiger partial charge in [0.25, 0.3) is 5.91 Å². The number of rotatable bonds is 5. The van der Waals surface area contributed by atoms with E-state index in [9.17, 15) is 14.7 Å². The molecule has 1 aromatic heterocycles. The fourth-order valence-corrected chi connectivity index (χ4v) is 3.52. The van der Waals surface area contributed by atoms with Crippen molar-refractivity contribution in [3.05, 3.63) is 54.0 Å². The lowest BCUT2D eigenvalue weighted by molar-refractivity contribution is -0.136. The summed E-state index contributed by atoms with van der Waals surface area (Å²) in [5.41, 5.74) is -0.788. The second-order valence-corrected chi connectivity index (χ2v) is 6.56. The number of anilines is 1. The molecule has 2 aliphatic rings. The smallest absolute Gasteiger partial charge is 0.265 e. The zero-order chi connectivity index (χ0) is 18.1. The Morgan fingerprint density at radius 1 is 1.15 bits per heavy atom. The van der Waals surface area contributed by atoms with E-state index >= 15 is 0 Å². The maximum absolute atomic E-state index is 13.1. The summed E-state index contributed by atoms with van der Waals surface area (Å²) >= 11 is 0. The van der Waals surface area contributed by atoms with Crippen LogP contribution in [0, 0.1) is 0 Å². The van der Waals surface area contributed by atoms with E-state index in [-0.39, 0.29) is 12.2 Å². The van der Waals surface area contributed by atoms with Crippen LogP contribution in [0.4, 0.5) is 5.69 Å². The maximum Gasteiger partial charge on any atom is 0.265 e. The lowest BCUT2D eigenvalue weighted by Crippen LogP contribution is -2.49. The third-order valence-electron chi connectivity index (χ3n) is 4.90. The predicted molar refractivity (Wildman–Crippen MR) is 92.7 cm³/mol. The van der Waals surface area contributed by atoms with Crippen molar-refractivity contribution in [1.82, 2.24) is 4.90 Å². The summed E-state index contributed by atoms with van der Waals surface area (Å²) in [6, 6.07) is 10.2. The summed E-state index contributed by atoms with van der Waals surface area (Å²) in [6.07, 6.45) is 1.04. The van der Waals surface area contributed by atoms with Gasteiger partial charge in [-0.1, -0.05) is 18.2 Å². The monoisotopic (exact) mass is 356 g/mol. The number of para-hydroxylation sites is 1. The number of ether oxygens (including phenoxy) is 1. The second-order valence-electron chi connectivity index (χ2n) is 6.56. The lowest BCUT2D eigenvalue weighted by atomic mass is 9.89. The van der Waals surface area contributed by atoms with E-state index in [1.165, 1.54) is 12.3 Å². The Balaban J connectivity index is 1.63. The Bertz CT molecular complexity index is 813. The van der Waals surface area contributed by atoms with Crippen molar-refractivity contribution in [3.63, 3.8) is 0 Å². The molecular weight excluding hydrogens is 336 g/mol.